The molecule has 1 nitrogen and oxygen atoms in total. The lowest BCUT2D eigenvalue weighted by molar-refractivity contribution is 0.551. The highest BCUT2D eigenvalue weighted by Crippen LogP contribution is 2.34. The zero-order chi connectivity index (χ0) is 12.9. The third-order valence-electron chi connectivity index (χ3n) is 3.11. The molecule has 1 heterocycles. The fourth-order valence-electron chi connectivity index (χ4n) is 2.08. The van der Waals surface area contributed by atoms with E-state index in [0.717, 1.165) is 0 Å². The van der Waals surface area contributed by atoms with E-state index in [0.29, 0.717) is 26.3 Å². The summed E-state index contributed by atoms with van der Waals surface area (Å²) in [6.45, 7) is 1.66. The van der Waals surface area contributed by atoms with Gasteiger partial charge in [0.15, 0.2) is 22.8 Å². The standard InChI is InChI=1S/C14H9F2IO/c1-7-2-4-9-10-5-3-8(6-17)12(16)14(10)18-13(9)11(7)15/h2-5H,6H2,1H3. The number of rotatable bonds is 1. The zero-order valence-corrected chi connectivity index (χ0v) is 11.7. The van der Waals surface area contributed by atoms with Crippen LogP contribution in [0.25, 0.3) is 21.9 Å². The van der Waals surface area contributed by atoms with Crippen LogP contribution in [0.1, 0.15) is 11.1 Å². The molecule has 92 valence electrons. The van der Waals surface area contributed by atoms with Gasteiger partial charge in [-0.1, -0.05) is 40.8 Å². The molecule has 3 rings (SSSR count). The predicted octanol–water partition coefficient (Wildman–Crippen LogP) is 5.11. The maximum Gasteiger partial charge on any atom is 0.171 e. The second kappa shape index (κ2) is 4.19. The highest BCUT2D eigenvalue weighted by atomic mass is 127. The van der Waals surface area contributed by atoms with Crippen LogP contribution in [0.3, 0.4) is 0 Å². The van der Waals surface area contributed by atoms with Crippen LogP contribution in [-0.4, -0.2) is 0 Å². The van der Waals surface area contributed by atoms with Gasteiger partial charge >= 0.3 is 0 Å². The summed E-state index contributed by atoms with van der Waals surface area (Å²) in [7, 11) is 0. The molecule has 0 aliphatic rings. The minimum atomic E-state index is -0.417. The van der Waals surface area contributed by atoms with Crippen LogP contribution in [0.15, 0.2) is 28.7 Å². The van der Waals surface area contributed by atoms with Gasteiger partial charge in [0.1, 0.15) is 0 Å². The van der Waals surface area contributed by atoms with Crippen LogP contribution in [-0.2, 0) is 4.43 Å². The summed E-state index contributed by atoms with van der Waals surface area (Å²) in [6.07, 6.45) is 0. The summed E-state index contributed by atoms with van der Waals surface area (Å²) >= 11 is 2.09. The highest BCUT2D eigenvalue weighted by Gasteiger charge is 2.17. The maximum atomic E-state index is 14.1. The van der Waals surface area contributed by atoms with E-state index in [1.807, 2.05) is 0 Å². The number of aryl methyl sites for hydroxylation is 1. The third-order valence-corrected chi connectivity index (χ3v) is 3.93. The molecule has 18 heavy (non-hydrogen) atoms. The third kappa shape index (κ3) is 1.55. The average Bonchev–Trinajstić information content (AvgIpc) is 2.75. The molecule has 2 aromatic carbocycles. The smallest absolute Gasteiger partial charge is 0.171 e. The summed E-state index contributed by atoms with van der Waals surface area (Å²) in [5, 5.41) is 1.24. The summed E-state index contributed by atoms with van der Waals surface area (Å²) in [5.74, 6) is -0.811. The lowest BCUT2D eigenvalue weighted by Crippen LogP contribution is -1.85. The Morgan fingerprint density at radius 3 is 2.28 bits per heavy atom. The fraction of sp³-hybridized carbons (Fsp3) is 0.143. The van der Waals surface area contributed by atoms with E-state index in [1.165, 1.54) is 0 Å². The molecule has 0 saturated carbocycles. The molecule has 1 aromatic heterocycles. The average molecular weight is 358 g/mol. The van der Waals surface area contributed by atoms with Crippen LogP contribution >= 0.6 is 22.6 Å². The van der Waals surface area contributed by atoms with Crippen molar-refractivity contribution in [2.24, 2.45) is 0 Å². The predicted molar refractivity (Wildman–Crippen MR) is 76.1 cm³/mol. The van der Waals surface area contributed by atoms with Crippen molar-refractivity contribution in [3.05, 3.63) is 47.0 Å². The first kappa shape index (κ1) is 11.9. The van der Waals surface area contributed by atoms with Gasteiger partial charge in [0.2, 0.25) is 0 Å². The van der Waals surface area contributed by atoms with Gasteiger partial charge in [0.05, 0.1) is 0 Å². The summed E-state index contributed by atoms with van der Waals surface area (Å²) < 4.78 is 34.0. The van der Waals surface area contributed by atoms with E-state index >= 15 is 0 Å². The second-order valence-electron chi connectivity index (χ2n) is 4.22. The molecule has 0 N–H and O–H groups in total. The van der Waals surface area contributed by atoms with Crippen molar-refractivity contribution in [2.75, 3.05) is 0 Å². The molecular formula is C14H9F2IO. The Balaban J connectivity index is 2.50. The van der Waals surface area contributed by atoms with Gasteiger partial charge in [-0.2, -0.15) is 0 Å². The van der Waals surface area contributed by atoms with Crippen LogP contribution in [0.2, 0.25) is 0 Å². The Morgan fingerprint density at radius 1 is 1.00 bits per heavy atom. The summed E-state index contributed by atoms with van der Waals surface area (Å²) in [6, 6.07) is 6.95. The van der Waals surface area contributed by atoms with E-state index in [-0.39, 0.29) is 11.2 Å². The molecule has 0 saturated heterocycles. The summed E-state index contributed by atoms with van der Waals surface area (Å²) in [5.41, 5.74) is 1.34. The van der Waals surface area contributed by atoms with Gasteiger partial charge in [-0.15, -0.1) is 0 Å². The SMILES string of the molecule is Cc1ccc2c(oc3c(F)c(CI)ccc32)c1F. The molecule has 0 unspecified atom stereocenters. The van der Waals surface area contributed by atoms with Crippen molar-refractivity contribution in [2.45, 2.75) is 11.4 Å². The van der Waals surface area contributed by atoms with Crippen LogP contribution in [0.4, 0.5) is 8.78 Å². The molecule has 3 aromatic rings. The van der Waals surface area contributed by atoms with Crippen molar-refractivity contribution < 1.29 is 13.2 Å². The second-order valence-corrected chi connectivity index (χ2v) is 4.99. The van der Waals surface area contributed by atoms with Gasteiger partial charge in [0, 0.05) is 20.8 Å². The first-order chi connectivity index (χ1) is 8.63. The van der Waals surface area contributed by atoms with Gasteiger partial charge in [-0.05, 0) is 18.6 Å². The Bertz CT molecular complexity index is 761. The van der Waals surface area contributed by atoms with Gasteiger partial charge in [0.25, 0.3) is 0 Å². The van der Waals surface area contributed by atoms with Crippen molar-refractivity contribution in [1.82, 2.24) is 0 Å². The first-order valence-corrected chi connectivity index (χ1v) is 7.00. The maximum absolute atomic E-state index is 14.1. The first-order valence-electron chi connectivity index (χ1n) is 5.48. The molecule has 0 bridgehead atoms. The van der Waals surface area contributed by atoms with Gasteiger partial charge in [-0.3, -0.25) is 0 Å². The van der Waals surface area contributed by atoms with E-state index in [2.05, 4.69) is 22.6 Å². The minimum absolute atomic E-state index is 0.134. The van der Waals surface area contributed by atoms with E-state index in [4.69, 9.17) is 4.42 Å². The molecular weight excluding hydrogens is 349 g/mol. The zero-order valence-electron chi connectivity index (χ0n) is 9.56. The Labute approximate surface area is 116 Å². The molecule has 0 spiro atoms. The topological polar surface area (TPSA) is 13.1 Å². The summed E-state index contributed by atoms with van der Waals surface area (Å²) in [4.78, 5) is 0. The Morgan fingerprint density at radius 2 is 1.61 bits per heavy atom. The molecule has 0 amide bonds. The quantitative estimate of drug-likeness (QED) is 0.435. The molecule has 4 heteroatoms. The number of halogens is 3. The molecule has 0 fully saturated rings. The Kier molecular flexibility index (Phi) is 2.77. The normalized spacial score (nSPS) is 11.6. The molecule has 0 aliphatic heterocycles. The van der Waals surface area contributed by atoms with Crippen LogP contribution < -0.4 is 0 Å². The largest absolute Gasteiger partial charge is 0.450 e. The van der Waals surface area contributed by atoms with Gasteiger partial charge in [-0.25, -0.2) is 8.78 Å². The highest BCUT2D eigenvalue weighted by molar-refractivity contribution is 14.1. The number of hydrogen-bond acceptors (Lipinski definition) is 1. The van der Waals surface area contributed by atoms with Crippen molar-refractivity contribution >= 4 is 44.5 Å². The van der Waals surface area contributed by atoms with E-state index in [1.54, 1.807) is 31.2 Å². The van der Waals surface area contributed by atoms with E-state index in [9.17, 15) is 8.78 Å². The van der Waals surface area contributed by atoms with Crippen LogP contribution in [0, 0.1) is 18.6 Å². The number of alkyl halides is 1. The lowest BCUT2D eigenvalue weighted by atomic mass is 10.1. The Hall–Kier alpha value is -1.17. The van der Waals surface area contributed by atoms with Gasteiger partial charge < -0.3 is 4.42 Å². The number of benzene rings is 2. The number of hydrogen-bond donors (Lipinski definition) is 0. The minimum Gasteiger partial charge on any atom is -0.450 e. The number of fused-ring (bicyclic) bond motifs is 3. The fourth-order valence-corrected chi connectivity index (χ4v) is 2.67. The molecule has 0 atom stereocenters. The van der Waals surface area contributed by atoms with E-state index < -0.39 is 11.6 Å². The molecule has 0 aliphatic carbocycles. The molecule has 0 radical (unpaired) electrons. The monoisotopic (exact) mass is 358 g/mol. The van der Waals surface area contributed by atoms with Crippen molar-refractivity contribution in [3.63, 3.8) is 0 Å². The van der Waals surface area contributed by atoms with Crippen molar-refractivity contribution in [3.8, 4) is 0 Å². The van der Waals surface area contributed by atoms with Crippen molar-refractivity contribution in [1.29, 1.82) is 0 Å². The number of furan rings is 1. The lowest BCUT2D eigenvalue weighted by Gasteiger charge is -1.97. The van der Waals surface area contributed by atoms with Crippen LogP contribution in [0.5, 0.6) is 0 Å².